The molecule has 0 spiro atoms. The molecule has 8 nitrogen and oxygen atoms in total. The van der Waals surface area contributed by atoms with Crippen LogP contribution in [0.25, 0.3) is 0 Å². The number of anilines is 1. The van der Waals surface area contributed by atoms with Crippen LogP contribution in [0.2, 0.25) is 0 Å². The van der Waals surface area contributed by atoms with Gasteiger partial charge in [0, 0.05) is 66.5 Å². The number of carbonyl (C=O) groups excluding carboxylic acids is 1. The van der Waals surface area contributed by atoms with E-state index in [0.29, 0.717) is 47.1 Å². The van der Waals surface area contributed by atoms with Gasteiger partial charge in [0.2, 0.25) is 0 Å². The maximum absolute atomic E-state index is 13.2. The monoisotopic (exact) mass is 541 g/mol. The molecule has 0 aliphatic carbocycles. The first-order chi connectivity index (χ1) is 17.6. The fourth-order valence-corrected chi connectivity index (χ4v) is 5.15. The van der Waals surface area contributed by atoms with Gasteiger partial charge in [-0.2, -0.15) is 0 Å². The zero-order valence-corrected chi connectivity index (χ0v) is 23.6. The van der Waals surface area contributed by atoms with Gasteiger partial charge in [-0.05, 0) is 57.4 Å². The first kappa shape index (κ1) is 28.7. The van der Waals surface area contributed by atoms with E-state index >= 15 is 0 Å². The molecule has 0 saturated carbocycles. The molecule has 2 fully saturated rings. The lowest BCUT2D eigenvalue weighted by atomic mass is 9.96. The number of rotatable bonds is 7. The van der Waals surface area contributed by atoms with Gasteiger partial charge in [-0.25, -0.2) is 15.0 Å². The minimum Gasteiger partial charge on any atom is -0.404 e. The number of allylic oxidation sites excluding steroid dienone is 3. The van der Waals surface area contributed by atoms with E-state index < -0.39 is 0 Å². The number of nitrogens with two attached hydrogens (primary N) is 1. The summed E-state index contributed by atoms with van der Waals surface area (Å²) in [5.74, 6) is 1.33. The molecule has 0 aromatic carbocycles. The van der Waals surface area contributed by atoms with E-state index in [1.165, 1.54) is 11.9 Å². The highest BCUT2D eigenvalue weighted by atomic mass is 35.5. The molecule has 2 aliphatic heterocycles. The molecule has 0 unspecified atom stereocenters. The highest BCUT2D eigenvalue weighted by Gasteiger charge is 2.35. The minimum atomic E-state index is 0.0397. The lowest BCUT2D eigenvalue weighted by Crippen LogP contribution is -2.50. The number of amidine groups is 1. The quantitative estimate of drug-likeness (QED) is 0.218. The number of aliphatic imine (C=N–C) groups is 2. The van der Waals surface area contributed by atoms with Gasteiger partial charge < -0.3 is 15.4 Å². The topological polar surface area (TPSA) is 99.2 Å². The van der Waals surface area contributed by atoms with Crippen LogP contribution in [0.15, 0.2) is 75.6 Å². The summed E-state index contributed by atoms with van der Waals surface area (Å²) in [6, 6.07) is 4.03. The number of nitrogens with one attached hydrogen (secondary N) is 1. The summed E-state index contributed by atoms with van der Waals surface area (Å²) in [4.78, 5) is 31.1. The van der Waals surface area contributed by atoms with Crippen molar-refractivity contribution >= 4 is 46.8 Å². The summed E-state index contributed by atoms with van der Waals surface area (Å²) in [5, 5.41) is 0.428. The van der Waals surface area contributed by atoms with Crippen molar-refractivity contribution in [3.8, 4) is 0 Å². The van der Waals surface area contributed by atoms with E-state index in [9.17, 15) is 4.79 Å². The Morgan fingerprint density at radius 2 is 2.11 bits per heavy atom. The Hall–Kier alpha value is -2.88. The molecule has 2 saturated heterocycles. The highest BCUT2D eigenvalue weighted by Crippen LogP contribution is 2.27. The molecule has 0 radical (unpaired) electrons. The number of nitrogens with zero attached hydrogens (tertiary/aromatic N) is 5. The van der Waals surface area contributed by atoms with Gasteiger partial charge in [0.15, 0.2) is 0 Å². The van der Waals surface area contributed by atoms with E-state index in [-0.39, 0.29) is 11.9 Å². The van der Waals surface area contributed by atoms with Gasteiger partial charge in [-0.15, -0.1) is 0 Å². The number of aromatic nitrogens is 1. The number of halogens is 1. The number of likely N-dealkylation sites (tertiary alicyclic amines) is 2. The standard InChI is InChI=1S/C27H36ClN7OS/c1-17(11-18(2)28)20(4)31-21(5)32-25-16-34(15-23(25)14-29)24-8-10-35(19(3)12-24)27(36)22-7-9-30-26(13-22)33-37-6/h7,9,11,13-14,19,24H,2,4,8,10,12,15-16,29H2,1,3,5-6H3,(H,30,33)/b17-11-,23-14-,31-21?,32-25?/t19-,24-/m1/s1. The summed E-state index contributed by atoms with van der Waals surface area (Å²) < 4.78 is 3.09. The number of hydrogen-bond donors (Lipinski definition) is 2. The second-order valence-electron chi connectivity index (χ2n) is 9.30. The molecule has 1 aromatic heterocycles. The van der Waals surface area contributed by atoms with Crippen molar-refractivity contribution in [3.05, 3.63) is 71.2 Å². The Kier molecular flexibility index (Phi) is 10.1. The third-order valence-corrected chi connectivity index (χ3v) is 7.08. The fourth-order valence-electron chi connectivity index (χ4n) is 4.67. The zero-order chi connectivity index (χ0) is 27.1. The largest absolute Gasteiger partial charge is 0.404 e. The molecule has 0 bridgehead atoms. The molecular weight excluding hydrogens is 506 g/mol. The smallest absolute Gasteiger partial charge is 0.254 e. The van der Waals surface area contributed by atoms with Gasteiger partial charge in [0.25, 0.3) is 5.91 Å². The van der Waals surface area contributed by atoms with Crippen LogP contribution in [0.4, 0.5) is 5.82 Å². The molecule has 3 rings (SSSR count). The van der Waals surface area contributed by atoms with Crippen molar-refractivity contribution < 1.29 is 4.79 Å². The Labute approximate surface area is 229 Å². The Morgan fingerprint density at radius 3 is 2.76 bits per heavy atom. The number of carbonyl (C=O) groups is 1. The van der Waals surface area contributed by atoms with Crippen LogP contribution in [0.3, 0.4) is 0 Å². The molecule has 37 heavy (non-hydrogen) atoms. The number of hydrogen-bond acceptors (Lipinski definition) is 7. The summed E-state index contributed by atoms with van der Waals surface area (Å²) in [5.41, 5.74) is 9.95. The van der Waals surface area contributed by atoms with Crippen molar-refractivity contribution in [2.75, 3.05) is 30.6 Å². The average Bonchev–Trinajstić information content (AvgIpc) is 3.26. The molecule has 1 aromatic rings. The normalized spacial score (nSPS) is 23.5. The minimum absolute atomic E-state index is 0.0397. The molecule has 3 heterocycles. The zero-order valence-electron chi connectivity index (χ0n) is 22.0. The first-order valence-corrected chi connectivity index (χ1v) is 13.8. The van der Waals surface area contributed by atoms with E-state index in [2.05, 4.69) is 39.7 Å². The number of piperidine rings is 1. The van der Waals surface area contributed by atoms with Crippen LogP contribution in [0.5, 0.6) is 0 Å². The average molecular weight is 542 g/mol. The molecule has 2 aliphatic rings. The lowest BCUT2D eigenvalue weighted by molar-refractivity contribution is 0.0515. The van der Waals surface area contributed by atoms with Gasteiger partial charge in [-0.1, -0.05) is 36.7 Å². The second kappa shape index (κ2) is 13.1. The van der Waals surface area contributed by atoms with Crippen LogP contribution in [-0.2, 0) is 0 Å². The van der Waals surface area contributed by atoms with Gasteiger partial charge in [0.05, 0.1) is 11.4 Å². The third kappa shape index (κ3) is 7.56. The highest BCUT2D eigenvalue weighted by molar-refractivity contribution is 7.99. The molecular formula is C27H36ClN7OS. The van der Waals surface area contributed by atoms with Crippen molar-refractivity contribution in [1.29, 1.82) is 0 Å². The second-order valence-corrected chi connectivity index (χ2v) is 10.4. The first-order valence-electron chi connectivity index (χ1n) is 12.2. The van der Waals surface area contributed by atoms with Crippen LogP contribution < -0.4 is 10.5 Å². The Balaban J connectivity index is 1.66. The van der Waals surface area contributed by atoms with Crippen LogP contribution in [-0.4, -0.2) is 70.2 Å². The summed E-state index contributed by atoms with van der Waals surface area (Å²) in [7, 11) is 0. The maximum atomic E-state index is 13.2. The van der Waals surface area contributed by atoms with E-state index in [1.54, 1.807) is 30.6 Å². The van der Waals surface area contributed by atoms with Crippen molar-refractivity contribution in [2.24, 2.45) is 15.7 Å². The number of amides is 1. The third-order valence-electron chi connectivity index (χ3n) is 6.56. The van der Waals surface area contributed by atoms with Crippen molar-refractivity contribution in [3.63, 3.8) is 0 Å². The SMILES string of the molecule is C=C(Cl)/C=C(/C)C(=C)N=C(C)N=C1CN([C@@H]2CCN(C(=O)c3ccnc(NSC)c3)[C@H](C)C2)C/C1=C/N. The molecule has 3 N–H and O–H groups in total. The summed E-state index contributed by atoms with van der Waals surface area (Å²) >= 11 is 7.31. The fraction of sp³-hybridized carbons (Fsp3) is 0.407. The lowest BCUT2D eigenvalue weighted by Gasteiger charge is -2.41. The van der Waals surface area contributed by atoms with E-state index in [4.69, 9.17) is 22.3 Å². The predicted octanol–water partition coefficient (Wildman–Crippen LogP) is 4.99. The Morgan fingerprint density at radius 1 is 1.35 bits per heavy atom. The predicted molar refractivity (Wildman–Crippen MR) is 157 cm³/mol. The number of pyridine rings is 1. The van der Waals surface area contributed by atoms with Crippen molar-refractivity contribution in [2.45, 2.75) is 45.7 Å². The Bertz CT molecular complexity index is 1170. The maximum Gasteiger partial charge on any atom is 0.254 e. The molecule has 1 amide bonds. The summed E-state index contributed by atoms with van der Waals surface area (Å²) in [6.45, 7) is 15.6. The van der Waals surface area contributed by atoms with Gasteiger partial charge in [-0.3, -0.25) is 9.69 Å². The van der Waals surface area contributed by atoms with Crippen molar-refractivity contribution in [1.82, 2.24) is 14.8 Å². The summed E-state index contributed by atoms with van der Waals surface area (Å²) in [6.07, 6.45) is 8.72. The molecule has 10 heteroatoms. The van der Waals surface area contributed by atoms with Crippen LogP contribution in [0, 0.1) is 0 Å². The van der Waals surface area contributed by atoms with Gasteiger partial charge >= 0.3 is 0 Å². The van der Waals surface area contributed by atoms with Crippen LogP contribution >= 0.6 is 23.5 Å². The van der Waals surface area contributed by atoms with E-state index in [0.717, 1.165) is 36.2 Å². The van der Waals surface area contributed by atoms with Crippen LogP contribution in [0.1, 0.15) is 44.0 Å². The molecule has 2 atom stereocenters. The molecule has 198 valence electrons. The van der Waals surface area contributed by atoms with E-state index in [1.807, 2.05) is 25.0 Å². The van der Waals surface area contributed by atoms with Gasteiger partial charge in [0.1, 0.15) is 11.7 Å².